The number of Topliss-reactive ketones (excluding diaryl/α,β-unsaturated/α-hetero) is 1. The molecule has 1 heterocycles. The molecule has 1 atom stereocenters. The number of nitrogens with two attached hydrogens (primary N) is 1. The topological polar surface area (TPSA) is 60.9 Å². The molecule has 4 nitrogen and oxygen atoms in total. The molecule has 96 valence electrons. The Kier molecular flexibility index (Phi) is 5.35. The summed E-state index contributed by atoms with van der Waals surface area (Å²) in [6.45, 7) is 6.86. The summed E-state index contributed by atoms with van der Waals surface area (Å²) >= 11 is 0. The van der Waals surface area contributed by atoms with Crippen molar-refractivity contribution in [2.45, 2.75) is 59.0 Å². The van der Waals surface area contributed by atoms with E-state index in [4.69, 9.17) is 5.73 Å². The number of aryl methyl sites for hydroxylation is 2. The molecule has 1 aromatic rings. The third-order valence-electron chi connectivity index (χ3n) is 2.81. The minimum Gasteiger partial charge on any atom is -0.327 e. The van der Waals surface area contributed by atoms with Gasteiger partial charge in [0, 0.05) is 31.1 Å². The summed E-state index contributed by atoms with van der Waals surface area (Å²) in [4.78, 5) is 11.9. The molecule has 1 aromatic heterocycles. The fraction of sp³-hybridized carbons (Fsp3) is 0.692. The van der Waals surface area contributed by atoms with Crippen molar-refractivity contribution in [2.75, 3.05) is 0 Å². The highest BCUT2D eigenvalue weighted by Crippen LogP contribution is 2.08. The van der Waals surface area contributed by atoms with Crippen LogP contribution in [-0.2, 0) is 17.8 Å². The van der Waals surface area contributed by atoms with Gasteiger partial charge in [-0.1, -0.05) is 13.3 Å². The lowest BCUT2D eigenvalue weighted by molar-refractivity contribution is -0.118. The second-order valence-corrected chi connectivity index (χ2v) is 4.56. The van der Waals surface area contributed by atoms with Crippen molar-refractivity contribution in [1.29, 1.82) is 0 Å². The summed E-state index contributed by atoms with van der Waals surface area (Å²) in [5, 5.41) is 4.33. The molecule has 2 N–H and O–H groups in total. The monoisotopic (exact) mass is 237 g/mol. The van der Waals surface area contributed by atoms with Crippen LogP contribution >= 0.6 is 0 Å². The van der Waals surface area contributed by atoms with Gasteiger partial charge in [-0.3, -0.25) is 9.48 Å². The summed E-state index contributed by atoms with van der Waals surface area (Å²) < 4.78 is 1.89. The van der Waals surface area contributed by atoms with Crippen LogP contribution in [0.4, 0.5) is 0 Å². The third-order valence-corrected chi connectivity index (χ3v) is 2.81. The zero-order valence-corrected chi connectivity index (χ0v) is 11.1. The maximum atomic E-state index is 11.9. The Labute approximate surface area is 103 Å². The summed E-state index contributed by atoms with van der Waals surface area (Å²) in [6, 6.07) is 1.99. The molecule has 0 aliphatic rings. The Morgan fingerprint density at radius 3 is 2.82 bits per heavy atom. The molecule has 0 saturated heterocycles. The van der Waals surface area contributed by atoms with Crippen LogP contribution in [0, 0.1) is 6.92 Å². The first-order valence-electron chi connectivity index (χ1n) is 6.37. The lowest BCUT2D eigenvalue weighted by Crippen LogP contribution is -2.24. The lowest BCUT2D eigenvalue weighted by Gasteiger charge is -2.09. The zero-order valence-electron chi connectivity index (χ0n) is 11.1. The zero-order chi connectivity index (χ0) is 12.8. The molecular weight excluding hydrogens is 214 g/mol. The highest BCUT2D eigenvalue weighted by molar-refractivity contribution is 5.81. The Balaban J connectivity index is 2.55. The van der Waals surface area contributed by atoms with Gasteiger partial charge in [0.2, 0.25) is 0 Å². The largest absolute Gasteiger partial charge is 0.327 e. The van der Waals surface area contributed by atoms with Crippen molar-refractivity contribution in [1.82, 2.24) is 9.78 Å². The van der Waals surface area contributed by atoms with Gasteiger partial charge in [0.25, 0.3) is 0 Å². The Morgan fingerprint density at radius 2 is 2.24 bits per heavy atom. The number of aromatic nitrogens is 2. The standard InChI is InChI=1S/C13H23N3O/c1-4-6-11(14)8-13(17)9-12-7-10(3)15-16(12)5-2/h7,11H,4-6,8-9,14H2,1-3H3. The van der Waals surface area contributed by atoms with Crippen molar-refractivity contribution in [3.63, 3.8) is 0 Å². The summed E-state index contributed by atoms with van der Waals surface area (Å²) in [6.07, 6.45) is 2.87. The van der Waals surface area contributed by atoms with Crippen molar-refractivity contribution in [2.24, 2.45) is 5.73 Å². The summed E-state index contributed by atoms with van der Waals surface area (Å²) in [7, 11) is 0. The predicted octanol–water partition coefficient (Wildman–Crippen LogP) is 1.84. The van der Waals surface area contributed by atoms with E-state index in [0.29, 0.717) is 12.8 Å². The molecule has 0 aliphatic heterocycles. The number of hydrogen-bond donors (Lipinski definition) is 1. The van der Waals surface area contributed by atoms with E-state index in [1.54, 1.807) is 0 Å². The molecule has 1 rings (SSSR count). The van der Waals surface area contributed by atoms with Gasteiger partial charge in [-0.05, 0) is 26.3 Å². The summed E-state index contributed by atoms with van der Waals surface area (Å²) in [5.41, 5.74) is 7.84. The van der Waals surface area contributed by atoms with E-state index in [1.165, 1.54) is 0 Å². The van der Waals surface area contributed by atoms with E-state index in [1.807, 2.05) is 24.6 Å². The first kappa shape index (κ1) is 13.9. The molecule has 0 bridgehead atoms. The van der Waals surface area contributed by atoms with Crippen LogP contribution in [-0.4, -0.2) is 21.6 Å². The van der Waals surface area contributed by atoms with Gasteiger partial charge in [-0.2, -0.15) is 5.10 Å². The van der Waals surface area contributed by atoms with E-state index in [-0.39, 0.29) is 11.8 Å². The highest BCUT2D eigenvalue weighted by atomic mass is 16.1. The number of carbonyl (C=O) groups is 1. The van der Waals surface area contributed by atoms with E-state index in [2.05, 4.69) is 12.0 Å². The van der Waals surface area contributed by atoms with Gasteiger partial charge >= 0.3 is 0 Å². The van der Waals surface area contributed by atoms with Gasteiger partial charge in [-0.25, -0.2) is 0 Å². The van der Waals surface area contributed by atoms with Crippen LogP contribution in [0.3, 0.4) is 0 Å². The van der Waals surface area contributed by atoms with E-state index < -0.39 is 0 Å². The fourth-order valence-corrected chi connectivity index (χ4v) is 2.05. The second-order valence-electron chi connectivity index (χ2n) is 4.56. The average molecular weight is 237 g/mol. The highest BCUT2D eigenvalue weighted by Gasteiger charge is 2.12. The van der Waals surface area contributed by atoms with Crippen LogP contribution in [0.1, 0.15) is 44.5 Å². The number of carbonyl (C=O) groups excluding carboxylic acids is 1. The molecule has 0 aliphatic carbocycles. The normalized spacial score (nSPS) is 12.7. The quantitative estimate of drug-likeness (QED) is 0.787. The van der Waals surface area contributed by atoms with E-state index >= 15 is 0 Å². The Bertz CT molecular complexity index is 371. The Morgan fingerprint density at radius 1 is 1.53 bits per heavy atom. The molecule has 1 unspecified atom stereocenters. The first-order chi connectivity index (χ1) is 8.06. The van der Waals surface area contributed by atoms with Crippen LogP contribution < -0.4 is 5.73 Å². The molecule has 0 fully saturated rings. The molecule has 4 heteroatoms. The smallest absolute Gasteiger partial charge is 0.140 e. The minimum absolute atomic E-state index is 0.00611. The Hall–Kier alpha value is -1.16. The minimum atomic E-state index is 0.00611. The van der Waals surface area contributed by atoms with Crippen LogP contribution in [0.5, 0.6) is 0 Å². The maximum absolute atomic E-state index is 11.9. The molecule has 0 aromatic carbocycles. The second kappa shape index (κ2) is 6.55. The number of nitrogens with zero attached hydrogens (tertiary/aromatic N) is 2. The molecule has 0 spiro atoms. The predicted molar refractivity (Wildman–Crippen MR) is 68.8 cm³/mol. The lowest BCUT2D eigenvalue weighted by atomic mass is 10.0. The van der Waals surface area contributed by atoms with E-state index in [0.717, 1.165) is 30.8 Å². The third kappa shape index (κ3) is 4.30. The van der Waals surface area contributed by atoms with Crippen LogP contribution in [0.15, 0.2) is 6.07 Å². The number of rotatable bonds is 7. The number of ketones is 1. The fourth-order valence-electron chi connectivity index (χ4n) is 2.05. The van der Waals surface area contributed by atoms with Crippen LogP contribution in [0.25, 0.3) is 0 Å². The molecular formula is C13H23N3O. The molecule has 0 radical (unpaired) electrons. The van der Waals surface area contributed by atoms with Crippen LogP contribution in [0.2, 0.25) is 0 Å². The summed E-state index contributed by atoms with van der Waals surface area (Å²) in [5.74, 6) is 0.209. The van der Waals surface area contributed by atoms with Gasteiger partial charge in [-0.15, -0.1) is 0 Å². The first-order valence-corrected chi connectivity index (χ1v) is 6.37. The molecule has 0 amide bonds. The van der Waals surface area contributed by atoms with Gasteiger partial charge < -0.3 is 5.73 Å². The van der Waals surface area contributed by atoms with Gasteiger partial charge in [0.1, 0.15) is 5.78 Å². The number of hydrogen-bond acceptors (Lipinski definition) is 3. The van der Waals surface area contributed by atoms with Crippen molar-refractivity contribution in [3.8, 4) is 0 Å². The van der Waals surface area contributed by atoms with Crippen molar-refractivity contribution >= 4 is 5.78 Å². The van der Waals surface area contributed by atoms with Crippen molar-refractivity contribution < 1.29 is 4.79 Å². The SMILES string of the molecule is CCCC(N)CC(=O)Cc1cc(C)nn1CC. The molecule has 0 saturated carbocycles. The average Bonchev–Trinajstić information content (AvgIpc) is 2.58. The molecule has 17 heavy (non-hydrogen) atoms. The van der Waals surface area contributed by atoms with Crippen molar-refractivity contribution in [3.05, 3.63) is 17.5 Å². The maximum Gasteiger partial charge on any atom is 0.140 e. The van der Waals surface area contributed by atoms with Gasteiger partial charge in [0.15, 0.2) is 0 Å². The van der Waals surface area contributed by atoms with Gasteiger partial charge in [0.05, 0.1) is 5.69 Å². The van der Waals surface area contributed by atoms with E-state index in [9.17, 15) is 4.79 Å².